The first-order valence-corrected chi connectivity index (χ1v) is 5.87. The lowest BCUT2D eigenvalue weighted by atomic mass is 9.96. The fourth-order valence-corrected chi connectivity index (χ4v) is 2.09. The summed E-state index contributed by atoms with van der Waals surface area (Å²) < 4.78 is 0. The molecule has 0 spiro atoms. The van der Waals surface area contributed by atoms with Gasteiger partial charge in [-0.1, -0.05) is 12.1 Å². The number of hydrogen-bond acceptors (Lipinski definition) is 2. The summed E-state index contributed by atoms with van der Waals surface area (Å²) in [4.78, 5) is 7.77. The minimum absolute atomic E-state index is 0.449. The van der Waals surface area contributed by atoms with E-state index in [1.807, 2.05) is 6.92 Å². The number of nitrogens with two attached hydrogens (primary N) is 1. The molecular formula is C14H19N3. The van der Waals surface area contributed by atoms with E-state index in [1.54, 1.807) is 0 Å². The number of hydrogen-bond donors (Lipinski definition) is 2. The Kier molecular flexibility index (Phi) is 3.03. The molecule has 1 heterocycles. The Hall–Kier alpha value is -1.61. The van der Waals surface area contributed by atoms with E-state index in [-0.39, 0.29) is 0 Å². The number of rotatable bonds is 2. The van der Waals surface area contributed by atoms with Gasteiger partial charge in [0.15, 0.2) is 0 Å². The summed E-state index contributed by atoms with van der Waals surface area (Å²) >= 11 is 0. The lowest BCUT2D eigenvalue weighted by molar-refractivity contribution is 0.944. The number of nitrogens with one attached hydrogen (secondary N) is 1. The maximum absolute atomic E-state index is 5.61. The minimum Gasteiger partial charge on any atom is -0.344 e. The van der Waals surface area contributed by atoms with Crippen LogP contribution in [-0.2, 0) is 6.54 Å². The number of aromatic nitrogens is 2. The molecule has 0 unspecified atom stereocenters. The molecule has 0 saturated carbocycles. The molecule has 0 fully saturated rings. The molecule has 0 amide bonds. The number of H-pyrrole nitrogens is 1. The molecule has 0 atom stereocenters. The Balaban J connectivity index is 2.60. The minimum atomic E-state index is 0.449. The second-order valence-electron chi connectivity index (χ2n) is 4.54. The van der Waals surface area contributed by atoms with Gasteiger partial charge in [0.2, 0.25) is 0 Å². The summed E-state index contributed by atoms with van der Waals surface area (Å²) in [5.41, 5.74) is 12.8. The molecule has 0 aliphatic carbocycles. The summed E-state index contributed by atoms with van der Waals surface area (Å²) in [6.45, 7) is 8.92. The van der Waals surface area contributed by atoms with E-state index in [0.717, 1.165) is 17.2 Å². The van der Waals surface area contributed by atoms with Gasteiger partial charge in [0.05, 0.1) is 12.2 Å². The van der Waals surface area contributed by atoms with Crippen LogP contribution in [0.2, 0.25) is 0 Å². The molecule has 3 heteroatoms. The van der Waals surface area contributed by atoms with Crippen LogP contribution in [0.25, 0.3) is 11.3 Å². The smallest absolute Gasteiger partial charge is 0.120 e. The van der Waals surface area contributed by atoms with E-state index in [0.29, 0.717) is 6.54 Å². The molecule has 1 aromatic heterocycles. The topological polar surface area (TPSA) is 54.7 Å². The zero-order valence-electron chi connectivity index (χ0n) is 10.9. The Morgan fingerprint density at radius 2 is 1.82 bits per heavy atom. The van der Waals surface area contributed by atoms with Crippen molar-refractivity contribution in [1.29, 1.82) is 0 Å². The van der Waals surface area contributed by atoms with Crippen molar-refractivity contribution in [3.63, 3.8) is 0 Å². The van der Waals surface area contributed by atoms with E-state index in [1.165, 1.54) is 22.3 Å². The van der Waals surface area contributed by atoms with Crippen LogP contribution in [0.3, 0.4) is 0 Å². The Labute approximate surface area is 102 Å². The molecule has 0 saturated heterocycles. The molecule has 3 nitrogen and oxygen atoms in total. The third kappa shape index (κ3) is 1.98. The third-order valence-corrected chi connectivity index (χ3v) is 3.44. The fraction of sp³-hybridized carbons (Fsp3) is 0.357. The zero-order valence-corrected chi connectivity index (χ0v) is 10.9. The van der Waals surface area contributed by atoms with E-state index in [9.17, 15) is 0 Å². The van der Waals surface area contributed by atoms with Gasteiger partial charge in [0.25, 0.3) is 0 Å². The van der Waals surface area contributed by atoms with Gasteiger partial charge in [-0.3, -0.25) is 0 Å². The highest BCUT2D eigenvalue weighted by molar-refractivity contribution is 5.68. The standard InChI is InChI=1S/C14H19N3/c1-8-5-6-12(10(3)9(8)2)14-11(4)16-13(7-15)17-14/h5-6H,7,15H2,1-4H3,(H,16,17). The number of benzene rings is 1. The summed E-state index contributed by atoms with van der Waals surface area (Å²) in [7, 11) is 0. The van der Waals surface area contributed by atoms with Gasteiger partial charge in [-0.25, -0.2) is 4.98 Å². The van der Waals surface area contributed by atoms with Crippen LogP contribution in [-0.4, -0.2) is 9.97 Å². The highest BCUT2D eigenvalue weighted by atomic mass is 15.0. The summed E-state index contributed by atoms with van der Waals surface area (Å²) in [6, 6.07) is 4.29. The van der Waals surface area contributed by atoms with Gasteiger partial charge in [-0.15, -0.1) is 0 Å². The summed E-state index contributed by atoms with van der Waals surface area (Å²) in [5.74, 6) is 0.843. The van der Waals surface area contributed by atoms with Crippen molar-refractivity contribution >= 4 is 0 Å². The molecule has 3 N–H and O–H groups in total. The first kappa shape index (κ1) is 11.9. The second-order valence-corrected chi connectivity index (χ2v) is 4.54. The molecular weight excluding hydrogens is 210 g/mol. The molecule has 0 aliphatic rings. The van der Waals surface area contributed by atoms with Crippen LogP contribution >= 0.6 is 0 Å². The first-order valence-electron chi connectivity index (χ1n) is 5.87. The quantitative estimate of drug-likeness (QED) is 0.832. The van der Waals surface area contributed by atoms with Gasteiger partial charge < -0.3 is 10.7 Å². The average Bonchev–Trinajstić information content (AvgIpc) is 2.68. The van der Waals surface area contributed by atoms with Crippen LogP contribution in [0.15, 0.2) is 12.1 Å². The highest BCUT2D eigenvalue weighted by Crippen LogP contribution is 2.28. The van der Waals surface area contributed by atoms with Crippen LogP contribution in [0.4, 0.5) is 0 Å². The largest absolute Gasteiger partial charge is 0.344 e. The van der Waals surface area contributed by atoms with E-state index >= 15 is 0 Å². The number of aromatic amines is 1. The molecule has 0 bridgehead atoms. The van der Waals surface area contributed by atoms with Crippen molar-refractivity contribution < 1.29 is 0 Å². The predicted molar refractivity (Wildman–Crippen MR) is 70.9 cm³/mol. The Morgan fingerprint density at radius 1 is 1.12 bits per heavy atom. The van der Waals surface area contributed by atoms with Crippen LogP contribution in [0.1, 0.15) is 28.2 Å². The summed E-state index contributed by atoms with van der Waals surface area (Å²) in [5, 5.41) is 0. The van der Waals surface area contributed by atoms with E-state index in [4.69, 9.17) is 5.73 Å². The van der Waals surface area contributed by atoms with Crippen LogP contribution in [0, 0.1) is 27.7 Å². The van der Waals surface area contributed by atoms with Gasteiger partial charge in [0, 0.05) is 11.3 Å². The highest BCUT2D eigenvalue weighted by Gasteiger charge is 2.12. The molecule has 1 aromatic carbocycles. The number of nitrogens with zero attached hydrogens (tertiary/aromatic N) is 1. The van der Waals surface area contributed by atoms with Gasteiger partial charge in [-0.05, 0) is 44.4 Å². The maximum atomic E-state index is 5.61. The Morgan fingerprint density at radius 3 is 2.41 bits per heavy atom. The van der Waals surface area contributed by atoms with Crippen molar-refractivity contribution in [2.45, 2.75) is 34.2 Å². The van der Waals surface area contributed by atoms with Crippen molar-refractivity contribution in [3.8, 4) is 11.3 Å². The number of aryl methyl sites for hydroxylation is 2. The molecule has 90 valence electrons. The van der Waals surface area contributed by atoms with Crippen molar-refractivity contribution in [3.05, 3.63) is 40.3 Å². The molecule has 0 aliphatic heterocycles. The average molecular weight is 229 g/mol. The lowest BCUT2D eigenvalue weighted by Crippen LogP contribution is -1.98. The predicted octanol–water partition coefficient (Wildman–Crippen LogP) is 2.77. The van der Waals surface area contributed by atoms with Gasteiger partial charge in [-0.2, -0.15) is 0 Å². The Bertz CT molecular complexity index is 553. The second kappa shape index (κ2) is 4.34. The van der Waals surface area contributed by atoms with Crippen molar-refractivity contribution in [2.75, 3.05) is 0 Å². The van der Waals surface area contributed by atoms with Crippen molar-refractivity contribution in [1.82, 2.24) is 9.97 Å². The normalized spacial score (nSPS) is 10.9. The third-order valence-electron chi connectivity index (χ3n) is 3.44. The molecule has 0 radical (unpaired) electrons. The molecule has 2 aromatic rings. The van der Waals surface area contributed by atoms with E-state index < -0.39 is 0 Å². The molecule has 17 heavy (non-hydrogen) atoms. The van der Waals surface area contributed by atoms with Crippen LogP contribution < -0.4 is 5.73 Å². The number of imidazole rings is 1. The summed E-state index contributed by atoms with van der Waals surface area (Å²) in [6.07, 6.45) is 0. The van der Waals surface area contributed by atoms with E-state index in [2.05, 4.69) is 42.9 Å². The fourth-order valence-electron chi connectivity index (χ4n) is 2.09. The van der Waals surface area contributed by atoms with Gasteiger partial charge in [0.1, 0.15) is 5.82 Å². The molecule has 2 rings (SSSR count). The van der Waals surface area contributed by atoms with Gasteiger partial charge >= 0.3 is 0 Å². The maximum Gasteiger partial charge on any atom is 0.120 e. The first-order chi connectivity index (χ1) is 8.04. The SMILES string of the molecule is Cc1ccc(-c2nc(CN)[nH]c2C)c(C)c1C. The van der Waals surface area contributed by atoms with Crippen molar-refractivity contribution in [2.24, 2.45) is 5.73 Å². The van der Waals surface area contributed by atoms with Crippen LogP contribution in [0.5, 0.6) is 0 Å². The zero-order chi connectivity index (χ0) is 12.6. The monoisotopic (exact) mass is 229 g/mol. The lowest BCUT2D eigenvalue weighted by Gasteiger charge is -2.10.